The zero-order chi connectivity index (χ0) is 19.8. The van der Waals surface area contributed by atoms with Crippen LogP contribution in [0.3, 0.4) is 0 Å². The monoisotopic (exact) mass is 408 g/mol. The lowest BCUT2D eigenvalue weighted by molar-refractivity contribution is -0.116. The van der Waals surface area contributed by atoms with Gasteiger partial charge in [-0.15, -0.1) is 0 Å². The Labute approximate surface area is 159 Å². The van der Waals surface area contributed by atoms with Crippen molar-refractivity contribution in [1.82, 2.24) is 0 Å². The van der Waals surface area contributed by atoms with E-state index in [0.29, 0.717) is 11.6 Å². The molecular formula is C18H20N2O5S2. The fraction of sp³-hybridized carbons (Fsp3) is 0.278. The van der Waals surface area contributed by atoms with Crippen molar-refractivity contribution in [2.45, 2.75) is 31.1 Å². The number of sulfonamides is 2. The van der Waals surface area contributed by atoms with Crippen molar-refractivity contribution in [3.8, 4) is 0 Å². The number of amides is 1. The molecule has 1 N–H and O–H groups in total. The van der Waals surface area contributed by atoms with Crippen molar-refractivity contribution in [3.05, 3.63) is 54.1 Å². The Hall–Kier alpha value is -2.39. The number of nitrogens with zero attached hydrogens (tertiary/aromatic N) is 1. The molecule has 0 atom stereocenters. The average molecular weight is 409 g/mol. The van der Waals surface area contributed by atoms with E-state index in [4.69, 9.17) is 0 Å². The number of benzene rings is 2. The maximum absolute atomic E-state index is 12.5. The highest BCUT2D eigenvalue weighted by atomic mass is 32.2. The summed E-state index contributed by atoms with van der Waals surface area (Å²) in [5, 5.41) is 0. The van der Waals surface area contributed by atoms with E-state index in [9.17, 15) is 21.6 Å². The van der Waals surface area contributed by atoms with Gasteiger partial charge in [0, 0.05) is 12.1 Å². The molecular weight excluding hydrogens is 388 g/mol. The fourth-order valence-corrected chi connectivity index (χ4v) is 5.30. The van der Waals surface area contributed by atoms with E-state index in [1.54, 1.807) is 12.1 Å². The molecule has 1 amide bonds. The summed E-state index contributed by atoms with van der Waals surface area (Å²) in [5.74, 6) is -0.415. The minimum Gasteiger partial charge on any atom is -0.280 e. The Morgan fingerprint density at radius 2 is 1.59 bits per heavy atom. The van der Waals surface area contributed by atoms with Crippen molar-refractivity contribution >= 4 is 37.3 Å². The van der Waals surface area contributed by atoms with Crippen LogP contribution < -0.4 is 9.03 Å². The zero-order valence-electron chi connectivity index (χ0n) is 14.9. The summed E-state index contributed by atoms with van der Waals surface area (Å²) >= 11 is 0. The molecule has 144 valence electrons. The summed E-state index contributed by atoms with van der Waals surface area (Å²) in [6.07, 6.45) is -0.0731. The molecule has 0 bridgehead atoms. The lowest BCUT2D eigenvalue weighted by Gasteiger charge is -2.15. The minimum atomic E-state index is -3.83. The first-order chi connectivity index (χ1) is 12.6. The maximum atomic E-state index is 12.5. The predicted molar refractivity (Wildman–Crippen MR) is 104 cm³/mol. The topological polar surface area (TPSA) is 101 Å². The van der Waals surface area contributed by atoms with Crippen LogP contribution >= 0.6 is 0 Å². The first-order valence-electron chi connectivity index (χ1n) is 8.39. The standard InChI is InChI=1S/C18H20N2O5S2/c1-13(2)14-3-5-15(6-4-14)19-27(24,25)17-9-7-16(8-10-17)20-18(21)11-12-26(20,22)23/h3-10,13,19H,11-12H2,1-2H3. The molecule has 1 aliphatic heterocycles. The van der Waals surface area contributed by atoms with Gasteiger partial charge < -0.3 is 0 Å². The molecule has 0 unspecified atom stereocenters. The third-order valence-corrected chi connectivity index (χ3v) is 7.38. The molecule has 0 saturated carbocycles. The van der Waals surface area contributed by atoms with Crippen LogP contribution in [0.1, 0.15) is 31.7 Å². The Bertz CT molecular complexity index is 1060. The number of anilines is 2. The Morgan fingerprint density at radius 3 is 2.07 bits per heavy atom. The van der Waals surface area contributed by atoms with Gasteiger partial charge in [0.1, 0.15) is 0 Å². The maximum Gasteiger partial charge on any atom is 0.261 e. The van der Waals surface area contributed by atoms with Gasteiger partial charge in [0.2, 0.25) is 15.9 Å². The van der Waals surface area contributed by atoms with E-state index in [0.717, 1.165) is 9.87 Å². The van der Waals surface area contributed by atoms with Crippen molar-refractivity contribution in [2.75, 3.05) is 14.8 Å². The molecule has 1 aliphatic rings. The van der Waals surface area contributed by atoms with E-state index in [-0.39, 0.29) is 22.8 Å². The van der Waals surface area contributed by atoms with Gasteiger partial charge in [-0.1, -0.05) is 26.0 Å². The Morgan fingerprint density at radius 1 is 1.00 bits per heavy atom. The third kappa shape index (κ3) is 3.98. The van der Waals surface area contributed by atoms with Gasteiger partial charge in [-0.3, -0.25) is 9.52 Å². The third-order valence-electron chi connectivity index (χ3n) is 4.29. The number of nitrogens with one attached hydrogen (secondary N) is 1. The highest BCUT2D eigenvalue weighted by Crippen LogP contribution is 2.27. The molecule has 1 fully saturated rings. The van der Waals surface area contributed by atoms with Crippen molar-refractivity contribution in [2.24, 2.45) is 0 Å². The lowest BCUT2D eigenvalue weighted by atomic mass is 10.0. The molecule has 0 aromatic heterocycles. The second-order valence-electron chi connectivity index (χ2n) is 6.60. The van der Waals surface area contributed by atoms with E-state index in [1.807, 2.05) is 26.0 Å². The summed E-state index contributed by atoms with van der Waals surface area (Å²) in [5.41, 5.74) is 1.66. The number of carbonyl (C=O) groups excluding carboxylic acids is 1. The molecule has 0 radical (unpaired) electrons. The molecule has 7 nitrogen and oxygen atoms in total. The molecule has 9 heteroatoms. The van der Waals surface area contributed by atoms with Crippen LogP contribution in [-0.4, -0.2) is 28.5 Å². The highest BCUT2D eigenvalue weighted by Gasteiger charge is 2.36. The van der Waals surface area contributed by atoms with E-state index < -0.39 is 26.0 Å². The Kier molecular flexibility index (Phi) is 5.00. The first-order valence-corrected chi connectivity index (χ1v) is 11.5. The molecule has 0 spiro atoms. The molecule has 2 aromatic carbocycles. The van der Waals surface area contributed by atoms with Gasteiger partial charge in [-0.25, -0.2) is 21.1 Å². The van der Waals surface area contributed by atoms with Crippen LogP contribution in [0, 0.1) is 0 Å². The van der Waals surface area contributed by atoms with E-state index in [1.165, 1.54) is 24.3 Å². The smallest absolute Gasteiger partial charge is 0.261 e. The van der Waals surface area contributed by atoms with Crippen LogP contribution in [0.4, 0.5) is 11.4 Å². The van der Waals surface area contributed by atoms with Crippen molar-refractivity contribution < 1.29 is 21.6 Å². The SMILES string of the molecule is CC(C)c1ccc(NS(=O)(=O)c2ccc(N3C(=O)CCS3(=O)=O)cc2)cc1. The summed E-state index contributed by atoms with van der Waals surface area (Å²) in [6, 6.07) is 12.3. The van der Waals surface area contributed by atoms with Gasteiger partial charge in [-0.2, -0.15) is 0 Å². The quantitative estimate of drug-likeness (QED) is 0.820. The van der Waals surface area contributed by atoms with Gasteiger partial charge in [0.25, 0.3) is 10.0 Å². The van der Waals surface area contributed by atoms with Crippen LogP contribution in [0.15, 0.2) is 53.4 Å². The van der Waals surface area contributed by atoms with Gasteiger partial charge in [-0.05, 0) is 47.9 Å². The lowest BCUT2D eigenvalue weighted by Crippen LogP contribution is -2.29. The average Bonchev–Trinajstić information content (AvgIpc) is 2.88. The number of hydrogen-bond acceptors (Lipinski definition) is 5. The van der Waals surface area contributed by atoms with Gasteiger partial charge >= 0.3 is 0 Å². The predicted octanol–water partition coefficient (Wildman–Crippen LogP) is 2.68. The molecule has 2 aromatic rings. The highest BCUT2D eigenvalue weighted by molar-refractivity contribution is 7.94. The Balaban J connectivity index is 1.82. The number of carbonyl (C=O) groups is 1. The van der Waals surface area contributed by atoms with Crippen LogP contribution in [-0.2, 0) is 24.8 Å². The molecule has 3 rings (SSSR count). The summed E-state index contributed by atoms with van der Waals surface area (Å²) in [4.78, 5) is 11.8. The van der Waals surface area contributed by atoms with E-state index in [2.05, 4.69) is 4.72 Å². The molecule has 1 saturated heterocycles. The summed E-state index contributed by atoms with van der Waals surface area (Å²) in [6.45, 7) is 4.10. The van der Waals surface area contributed by atoms with Crippen molar-refractivity contribution in [1.29, 1.82) is 0 Å². The first kappa shape index (κ1) is 19.4. The minimum absolute atomic E-state index is 0.0248. The van der Waals surface area contributed by atoms with Crippen molar-refractivity contribution in [3.63, 3.8) is 0 Å². The van der Waals surface area contributed by atoms with Gasteiger partial charge in [0.15, 0.2) is 0 Å². The van der Waals surface area contributed by atoms with Gasteiger partial charge in [0.05, 0.1) is 16.3 Å². The van der Waals surface area contributed by atoms with Crippen LogP contribution in [0.5, 0.6) is 0 Å². The fourth-order valence-electron chi connectivity index (χ4n) is 2.78. The normalized spacial score (nSPS) is 16.7. The second kappa shape index (κ2) is 6.97. The summed E-state index contributed by atoms with van der Waals surface area (Å²) in [7, 11) is -7.51. The summed E-state index contributed by atoms with van der Waals surface area (Å²) < 4.78 is 52.2. The molecule has 27 heavy (non-hydrogen) atoms. The molecule has 1 heterocycles. The number of rotatable bonds is 5. The second-order valence-corrected chi connectivity index (χ2v) is 10.2. The van der Waals surface area contributed by atoms with Crippen LogP contribution in [0.2, 0.25) is 0 Å². The van der Waals surface area contributed by atoms with Crippen LogP contribution in [0.25, 0.3) is 0 Å². The molecule has 0 aliphatic carbocycles. The number of hydrogen-bond donors (Lipinski definition) is 1. The zero-order valence-corrected chi connectivity index (χ0v) is 16.5. The largest absolute Gasteiger partial charge is 0.280 e. The van der Waals surface area contributed by atoms with E-state index >= 15 is 0 Å².